The van der Waals surface area contributed by atoms with Crippen molar-refractivity contribution >= 4 is 47.2 Å². The third-order valence-corrected chi connectivity index (χ3v) is 5.28. The van der Waals surface area contributed by atoms with E-state index in [1.807, 2.05) is 25.2 Å². The van der Waals surface area contributed by atoms with Crippen LogP contribution in [-0.4, -0.2) is 76.6 Å². The highest BCUT2D eigenvalue weighted by Crippen LogP contribution is 2.20. The fraction of sp³-hybridized carbons (Fsp3) is 0.650. The maximum atomic E-state index is 6.11. The SMILES string of the molecule is CN=C(NCCCOCC1CCCO1)N1CCN(c2cccc(Cl)c2)CC1.I. The van der Waals surface area contributed by atoms with Crippen LogP contribution < -0.4 is 10.2 Å². The van der Waals surface area contributed by atoms with Gasteiger partial charge in [-0.05, 0) is 37.5 Å². The summed E-state index contributed by atoms with van der Waals surface area (Å²) in [5.41, 5.74) is 1.19. The third kappa shape index (κ3) is 7.24. The maximum Gasteiger partial charge on any atom is 0.193 e. The van der Waals surface area contributed by atoms with Gasteiger partial charge in [-0.3, -0.25) is 4.99 Å². The van der Waals surface area contributed by atoms with Crippen molar-refractivity contribution in [3.05, 3.63) is 29.3 Å². The highest BCUT2D eigenvalue weighted by atomic mass is 127. The van der Waals surface area contributed by atoms with Crippen LogP contribution in [0.5, 0.6) is 0 Å². The number of guanidine groups is 1. The molecule has 1 unspecified atom stereocenters. The van der Waals surface area contributed by atoms with Crippen LogP contribution in [0.1, 0.15) is 19.3 Å². The molecule has 0 spiro atoms. The van der Waals surface area contributed by atoms with Gasteiger partial charge in [0.15, 0.2) is 5.96 Å². The van der Waals surface area contributed by atoms with E-state index in [0.29, 0.717) is 6.10 Å². The molecule has 2 saturated heterocycles. The van der Waals surface area contributed by atoms with Crippen molar-refractivity contribution in [1.82, 2.24) is 10.2 Å². The summed E-state index contributed by atoms with van der Waals surface area (Å²) in [5.74, 6) is 0.972. The monoisotopic (exact) mass is 522 g/mol. The van der Waals surface area contributed by atoms with Crippen molar-refractivity contribution in [1.29, 1.82) is 0 Å². The van der Waals surface area contributed by atoms with E-state index in [9.17, 15) is 0 Å². The van der Waals surface area contributed by atoms with Crippen LogP contribution in [0.2, 0.25) is 5.02 Å². The van der Waals surface area contributed by atoms with Crippen LogP contribution in [0.15, 0.2) is 29.3 Å². The number of hydrogen-bond donors (Lipinski definition) is 1. The summed E-state index contributed by atoms with van der Waals surface area (Å²) in [7, 11) is 1.85. The molecule has 6 nitrogen and oxygen atoms in total. The predicted octanol–water partition coefficient (Wildman–Crippen LogP) is 3.24. The zero-order valence-corrected chi connectivity index (χ0v) is 19.7. The van der Waals surface area contributed by atoms with Crippen molar-refractivity contribution in [3.63, 3.8) is 0 Å². The summed E-state index contributed by atoms with van der Waals surface area (Å²) >= 11 is 6.11. The van der Waals surface area contributed by atoms with Crippen molar-refractivity contribution in [2.24, 2.45) is 4.99 Å². The molecule has 0 bridgehead atoms. The second-order valence-corrected chi connectivity index (χ2v) is 7.43. The molecule has 1 aromatic carbocycles. The van der Waals surface area contributed by atoms with Gasteiger partial charge in [0, 0.05) is 63.7 Å². The molecule has 158 valence electrons. The fourth-order valence-corrected chi connectivity index (χ4v) is 3.73. The molecule has 0 amide bonds. The summed E-state index contributed by atoms with van der Waals surface area (Å²) in [6.45, 7) is 7.05. The van der Waals surface area contributed by atoms with E-state index < -0.39 is 0 Å². The van der Waals surface area contributed by atoms with Gasteiger partial charge in [0.05, 0.1) is 12.7 Å². The number of nitrogens with zero attached hydrogens (tertiary/aromatic N) is 3. The highest BCUT2D eigenvalue weighted by Gasteiger charge is 2.20. The topological polar surface area (TPSA) is 49.3 Å². The minimum absolute atomic E-state index is 0. The summed E-state index contributed by atoms with van der Waals surface area (Å²) in [5, 5.41) is 4.24. The first-order valence-electron chi connectivity index (χ1n) is 9.92. The molecule has 1 aromatic rings. The van der Waals surface area contributed by atoms with E-state index in [1.165, 1.54) is 5.69 Å². The molecule has 3 rings (SSSR count). The molecule has 2 heterocycles. The lowest BCUT2D eigenvalue weighted by atomic mass is 10.2. The number of ether oxygens (including phenoxy) is 2. The molecule has 2 fully saturated rings. The molecule has 28 heavy (non-hydrogen) atoms. The number of rotatable bonds is 7. The second kappa shape index (κ2) is 12.7. The standard InChI is InChI=1S/C20H31ClN4O2.HI/c1-22-20(23-8-4-13-26-16-19-7-3-14-27-19)25-11-9-24(10-12-25)18-6-2-5-17(21)15-18;/h2,5-6,15,19H,3-4,7-14,16H2,1H3,(H,22,23);1H. The lowest BCUT2D eigenvalue weighted by molar-refractivity contribution is 0.0168. The Balaban J connectivity index is 0.00000280. The van der Waals surface area contributed by atoms with Gasteiger partial charge in [0.2, 0.25) is 0 Å². The Morgan fingerprint density at radius 1 is 1.32 bits per heavy atom. The summed E-state index contributed by atoms with van der Waals surface area (Å²) in [6.07, 6.45) is 3.57. The van der Waals surface area contributed by atoms with Gasteiger partial charge < -0.3 is 24.6 Å². The largest absolute Gasteiger partial charge is 0.379 e. The van der Waals surface area contributed by atoms with Crippen LogP contribution >= 0.6 is 35.6 Å². The Morgan fingerprint density at radius 3 is 2.82 bits per heavy atom. The highest BCUT2D eigenvalue weighted by molar-refractivity contribution is 14.0. The number of aliphatic imine (C=N–C) groups is 1. The molecule has 0 aliphatic carbocycles. The van der Waals surface area contributed by atoms with Crippen LogP contribution in [-0.2, 0) is 9.47 Å². The minimum Gasteiger partial charge on any atom is -0.379 e. The Bertz CT molecular complexity index is 606. The Morgan fingerprint density at radius 2 is 2.14 bits per heavy atom. The summed E-state index contributed by atoms with van der Waals surface area (Å²) in [4.78, 5) is 9.12. The van der Waals surface area contributed by atoms with Crippen molar-refractivity contribution in [2.45, 2.75) is 25.4 Å². The lowest BCUT2D eigenvalue weighted by Crippen LogP contribution is -2.52. The number of hydrogen-bond acceptors (Lipinski definition) is 4. The van der Waals surface area contributed by atoms with Gasteiger partial charge in [-0.15, -0.1) is 24.0 Å². The number of benzene rings is 1. The zero-order chi connectivity index (χ0) is 18.9. The van der Waals surface area contributed by atoms with Gasteiger partial charge in [0.25, 0.3) is 0 Å². The summed E-state index contributed by atoms with van der Waals surface area (Å²) in [6, 6.07) is 8.06. The Kier molecular flexibility index (Phi) is 10.7. The number of piperazine rings is 1. The lowest BCUT2D eigenvalue weighted by Gasteiger charge is -2.37. The molecular weight excluding hydrogens is 491 g/mol. The fourth-order valence-electron chi connectivity index (χ4n) is 3.55. The molecule has 0 saturated carbocycles. The number of anilines is 1. The quantitative estimate of drug-likeness (QED) is 0.258. The maximum absolute atomic E-state index is 6.11. The smallest absolute Gasteiger partial charge is 0.193 e. The van der Waals surface area contributed by atoms with Crippen LogP contribution in [0.3, 0.4) is 0 Å². The van der Waals surface area contributed by atoms with E-state index in [2.05, 4.69) is 26.2 Å². The van der Waals surface area contributed by atoms with E-state index in [4.69, 9.17) is 21.1 Å². The first kappa shape index (κ1) is 23.5. The normalized spacial score (nSPS) is 20.2. The van der Waals surface area contributed by atoms with Crippen LogP contribution in [0, 0.1) is 0 Å². The van der Waals surface area contributed by atoms with Crippen molar-refractivity contribution < 1.29 is 9.47 Å². The average Bonchev–Trinajstić information content (AvgIpc) is 3.21. The van der Waals surface area contributed by atoms with Gasteiger partial charge in [-0.2, -0.15) is 0 Å². The minimum atomic E-state index is 0. The molecule has 2 aliphatic heterocycles. The van der Waals surface area contributed by atoms with Gasteiger partial charge >= 0.3 is 0 Å². The van der Waals surface area contributed by atoms with Gasteiger partial charge in [-0.25, -0.2) is 0 Å². The van der Waals surface area contributed by atoms with Gasteiger partial charge in [-0.1, -0.05) is 17.7 Å². The molecule has 1 N–H and O–H groups in total. The predicted molar refractivity (Wildman–Crippen MR) is 126 cm³/mol. The molecule has 0 radical (unpaired) electrons. The van der Waals surface area contributed by atoms with Crippen molar-refractivity contribution in [2.75, 3.05) is 64.5 Å². The molecule has 0 aromatic heterocycles. The average molecular weight is 523 g/mol. The van der Waals surface area contributed by atoms with E-state index in [-0.39, 0.29) is 24.0 Å². The van der Waals surface area contributed by atoms with Gasteiger partial charge in [0.1, 0.15) is 0 Å². The van der Waals surface area contributed by atoms with Crippen LogP contribution in [0.4, 0.5) is 5.69 Å². The summed E-state index contributed by atoms with van der Waals surface area (Å²) < 4.78 is 11.3. The number of halogens is 2. The zero-order valence-electron chi connectivity index (χ0n) is 16.6. The van der Waals surface area contributed by atoms with E-state index in [0.717, 1.165) is 82.8 Å². The van der Waals surface area contributed by atoms with Crippen LogP contribution in [0.25, 0.3) is 0 Å². The molecule has 1 atom stereocenters. The first-order valence-corrected chi connectivity index (χ1v) is 10.3. The number of nitrogens with one attached hydrogen (secondary N) is 1. The Hall–Kier alpha value is -0.770. The Labute approximate surface area is 190 Å². The van der Waals surface area contributed by atoms with Crippen molar-refractivity contribution in [3.8, 4) is 0 Å². The third-order valence-electron chi connectivity index (χ3n) is 5.04. The first-order chi connectivity index (χ1) is 13.3. The van der Waals surface area contributed by atoms with E-state index in [1.54, 1.807) is 0 Å². The molecule has 2 aliphatic rings. The molecule has 8 heteroatoms. The molecular formula is C20H32ClIN4O2. The van der Waals surface area contributed by atoms with E-state index >= 15 is 0 Å². The second-order valence-electron chi connectivity index (χ2n) is 6.99.